The lowest BCUT2D eigenvalue weighted by Gasteiger charge is -2.16. The molecule has 1 aromatic heterocycles. The minimum Gasteiger partial charge on any atom is -0.461 e. The van der Waals surface area contributed by atoms with Crippen LogP contribution in [0.15, 0.2) is 47.1 Å². The summed E-state index contributed by atoms with van der Waals surface area (Å²) in [6.45, 7) is -2.89. The first-order valence-electron chi connectivity index (χ1n) is 6.94. The Hall–Kier alpha value is -1.86. The van der Waals surface area contributed by atoms with Crippen LogP contribution in [-0.2, 0) is 0 Å². The Labute approximate surface area is 136 Å². The van der Waals surface area contributed by atoms with E-state index >= 15 is 0 Å². The quantitative estimate of drug-likeness (QED) is 0.700. The standard InChI is InChI=1S/C16H16F2O4S/c17-16(18)22-12-5-3-11(4-6-12)15(23-9-7-19)10-13(20)14-2-1-8-21-14/h1-6,8,15-16,19H,7,9-10H2/t15-/m1/s1. The number of halogens is 2. The van der Waals surface area contributed by atoms with Crippen molar-refractivity contribution < 1.29 is 27.8 Å². The molecule has 1 N–H and O–H groups in total. The van der Waals surface area contributed by atoms with E-state index < -0.39 is 6.61 Å². The van der Waals surface area contributed by atoms with Gasteiger partial charge in [-0.15, -0.1) is 0 Å². The highest BCUT2D eigenvalue weighted by atomic mass is 32.2. The molecule has 0 bridgehead atoms. The largest absolute Gasteiger partial charge is 0.461 e. The SMILES string of the molecule is O=C(C[C@@H](SCCO)c1ccc(OC(F)F)cc1)c1ccco1. The molecule has 0 saturated heterocycles. The molecule has 23 heavy (non-hydrogen) atoms. The van der Waals surface area contributed by atoms with Crippen molar-refractivity contribution in [2.75, 3.05) is 12.4 Å². The highest BCUT2D eigenvalue weighted by molar-refractivity contribution is 7.99. The first-order valence-corrected chi connectivity index (χ1v) is 7.99. The summed E-state index contributed by atoms with van der Waals surface area (Å²) >= 11 is 1.42. The van der Waals surface area contributed by atoms with Crippen LogP contribution in [0, 0.1) is 0 Å². The summed E-state index contributed by atoms with van der Waals surface area (Å²) < 4.78 is 33.7. The lowest BCUT2D eigenvalue weighted by molar-refractivity contribution is -0.0498. The molecular formula is C16H16F2O4S. The number of hydrogen-bond donors (Lipinski definition) is 1. The van der Waals surface area contributed by atoms with E-state index in [9.17, 15) is 13.6 Å². The van der Waals surface area contributed by atoms with Gasteiger partial charge >= 0.3 is 6.61 Å². The molecule has 4 nitrogen and oxygen atoms in total. The fraction of sp³-hybridized carbons (Fsp3) is 0.312. The second-order valence-corrected chi connectivity index (χ2v) is 5.95. The number of ketones is 1. The van der Waals surface area contributed by atoms with Gasteiger partial charge in [0.2, 0.25) is 0 Å². The topological polar surface area (TPSA) is 59.7 Å². The van der Waals surface area contributed by atoms with Crippen molar-refractivity contribution in [3.8, 4) is 5.75 Å². The van der Waals surface area contributed by atoms with E-state index in [1.165, 1.54) is 30.2 Å². The van der Waals surface area contributed by atoms with Crippen molar-refractivity contribution >= 4 is 17.5 Å². The minimum absolute atomic E-state index is 0.0112. The molecule has 0 spiro atoms. The predicted octanol–water partition coefficient (Wildman–Crippen LogP) is 3.92. The van der Waals surface area contributed by atoms with Crippen LogP contribution in [-0.4, -0.2) is 29.9 Å². The summed E-state index contributed by atoms with van der Waals surface area (Å²) in [6.07, 6.45) is 1.62. The maximum absolute atomic E-state index is 12.2. The predicted molar refractivity (Wildman–Crippen MR) is 83.0 cm³/mol. The average Bonchev–Trinajstić information content (AvgIpc) is 3.06. The van der Waals surface area contributed by atoms with Crippen LogP contribution in [0.25, 0.3) is 0 Å². The van der Waals surface area contributed by atoms with Gasteiger partial charge < -0.3 is 14.3 Å². The molecule has 1 heterocycles. The first kappa shape index (κ1) is 17.5. The van der Waals surface area contributed by atoms with Crippen LogP contribution in [0.4, 0.5) is 8.78 Å². The number of alkyl halides is 2. The maximum atomic E-state index is 12.2. The van der Waals surface area contributed by atoms with E-state index in [-0.39, 0.29) is 35.6 Å². The molecule has 0 aliphatic carbocycles. The van der Waals surface area contributed by atoms with Gasteiger partial charge in [0.15, 0.2) is 11.5 Å². The van der Waals surface area contributed by atoms with E-state index in [1.54, 1.807) is 24.3 Å². The Morgan fingerprint density at radius 2 is 2.00 bits per heavy atom. The van der Waals surface area contributed by atoms with Crippen molar-refractivity contribution in [1.82, 2.24) is 0 Å². The Morgan fingerprint density at radius 3 is 2.57 bits per heavy atom. The van der Waals surface area contributed by atoms with Gasteiger partial charge in [-0.1, -0.05) is 12.1 Å². The highest BCUT2D eigenvalue weighted by Crippen LogP contribution is 2.34. The number of carbonyl (C=O) groups is 1. The van der Waals surface area contributed by atoms with Crippen molar-refractivity contribution in [1.29, 1.82) is 0 Å². The minimum atomic E-state index is -2.87. The maximum Gasteiger partial charge on any atom is 0.387 e. The van der Waals surface area contributed by atoms with Gasteiger partial charge in [0.25, 0.3) is 0 Å². The first-order chi connectivity index (χ1) is 11.1. The zero-order valence-electron chi connectivity index (χ0n) is 12.2. The van der Waals surface area contributed by atoms with Gasteiger partial charge in [-0.3, -0.25) is 4.79 Å². The number of aliphatic hydroxyl groups is 1. The molecule has 124 valence electrons. The van der Waals surface area contributed by atoms with Crippen molar-refractivity contribution in [3.63, 3.8) is 0 Å². The van der Waals surface area contributed by atoms with Crippen LogP contribution in [0.5, 0.6) is 5.75 Å². The lowest BCUT2D eigenvalue weighted by Crippen LogP contribution is -2.06. The summed E-state index contributed by atoms with van der Waals surface area (Å²) in [5, 5.41) is 8.79. The summed E-state index contributed by atoms with van der Waals surface area (Å²) in [5.74, 6) is 0.647. The van der Waals surface area contributed by atoms with Crippen molar-refractivity contribution in [2.24, 2.45) is 0 Å². The van der Waals surface area contributed by atoms with Gasteiger partial charge in [0, 0.05) is 17.4 Å². The number of aliphatic hydroxyl groups excluding tert-OH is 1. The number of ether oxygens (including phenoxy) is 1. The summed E-state index contributed by atoms with van der Waals surface area (Å²) in [4.78, 5) is 12.2. The molecule has 2 aromatic rings. The molecule has 2 rings (SSSR count). The third-order valence-corrected chi connectivity index (χ3v) is 4.31. The van der Waals surface area contributed by atoms with E-state index in [2.05, 4.69) is 4.74 Å². The summed E-state index contributed by atoms with van der Waals surface area (Å²) in [5.41, 5.74) is 0.796. The molecule has 0 saturated carbocycles. The van der Waals surface area contributed by atoms with E-state index in [0.29, 0.717) is 5.75 Å². The van der Waals surface area contributed by atoms with Crippen LogP contribution in [0.1, 0.15) is 27.8 Å². The zero-order valence-corrected chi connectivity index (χ0v) is 13.0. The smallest absolute Gasteiger partial charge is 0.387 e. The van der Waals surface area contributed by atoms with Gasteiger partial charge in [0.1, 0.15) is 5.75 Å². The number of Topliss-reactive ketones (excluding diaryl/α,β-unsaturated/α-hetero) is 1. The fourth-order valence-electron chi connectivity index (χ4n) is 2.04. The molecule has 0 amide bonds. The molecule has 1 atom stereocenters. The van der Waals surface area contributed by atoms with Crippen LogP contribution < -0.4 is 4.74 Å². The monoisotopic (exact) mass is 342 g/mol. The molecule has 0 unspecified atom stereocenters. The summed E-state index contributed by atoms with van der Waals surface area (Å²) in [7, 11) is 0. The van der Waals surface area contributed by atoms with Crippen LogP contribution in [0.3, 0.4) is 0 Å². The second-order valence-electron chi connectivity index (χ2n) is 4.64. The Balaban J connectivity index is 2.09. The van der Waals surface area contributed by atoms with E-state index in [4.69, 9.17) is 9.52 Å². The Bertz CT molecular complexity index is 599. The molecular weight excluding hydrogens is 326 g/mol. The van der Waals surface area contributed by atoms with E-state index in [0.717, 1.165) is 5.56 Å². The fourth-order valence-corrected chi connectivity index (χ4v) is 3.05. The van der Waals surface area contributed by atoms with Gasteiger partial charge in [-0.2, -0.15) is 20.5 Å². The molecule has 7 heteroatoms. The summed E-state index contributed by atoms with van der Waals surface area (Å²) in [6, 6.07) is 9.39. The molecule has 0 aliphatic rings. The number of carbonyl (C=O) groups excluding carboxylic acids is 1. The normalized spacial score (nSPS) is 12.3. The molecule has 0 fully saturated rings. The van der Waals surface area contributed by atoms with Gasteiger partial charge in [-0.05, 0) is 29.8 Å². The van der Waals surface area contributed by atoms with Crippen LogP contribution in [0.2, 0.25) is 0 Å². The third kappa shape index (κ3) is 5.37. The lowest BCUT2D eigenvalue weighted by atomic mass is 10.1. The van der Waals surface area contributed by atoms with Gasteiger partial charge in [-0.25, -0.2) is 0 Å². The molecule has 1 aromatic carbocycles. The van der Waals surface area contributed by atoms with Crippen LogP contribution >= 0.6 is 11.8 Å². The number of hydrogen-bond acceptors (Lipinski definition) is 5. The number of thioether (sulfide) groups is 1. The number of furan rings is 1. The number of rotatable bonds is 9. The highest BCUT2D eigenvalue weighted by Gasteiger charge is 2.19. The van der Waals surface area contributed by atoms with Crippen molar-refractivity contribution in [2.45, 2.75) is 18.3 Å². The van der Waals surface area contributed by atoms with Gasteiger partial charge in [0.05, 0.1) is 12.9 Å². The van der Waals surface area contributed by atoms with Crippen molar-refractivity contribution in [3.05, 3.63) is 54.0 Å². The number of benzene rings is 1. The Morgan fingerprint density at radius 1 is 1.26 bits per heavy atom. The zero-order chi connectivity index (χ0) is 16.7. The molecule has 0 radical (unpaired) electrons. The Kier molecular flexibility index (Phi) is 6.61. The second kappa shape index (κ2) is 8.69. The average molecular weight is 342 g/mol. The van der Waals surface area contributed by atoms with E-state index in [1.807, 2.05) is 0 Å². The third-order valence-electron chi connectivity index (χ3n) is 3.05. The molecule has 0 aliphatic heterocycles.